The van der Waals surface area contributed by atoms with Gasteiger partial charge in [0.25, 0.3) is 5.56 Å². The van der Waals surface area contributed by atoms with Crippen molar-refractivity contribution in [3.8, 4) is 22.8 Å². The summed E-state index contributed by atoms with van der Waals surface area (Å²) >= 11 is 0. The number of ether oxygens (including phenoxy) is 2. The van der Waals surface area contributed by atoms with Crippen LogP contribution in [0.15, 0.2) is 57.7 Å². The van der Waals surface area contributed by atoms with E-state index < -0.39 is 0 Å². The average Bonchev–Trinajstić information content (AvgIpc) is 3.25. The van der Waals surface area contributed by atoms with Crippen LogP contribution in [0.2, 0.25) is 0 Å². The number of aromatic nitrogens is 2. The van der Waals surface area contributed by atoms with Crippen LogP contribution in [0.4, 0.5) is 4.39 Å². The lowest BCUT2D eigenvalue weighted by molar-refractivity contribution is 0.355. The number of nitrogens with zero attached hydrogens (tertiary/aromatic N) is 2. The predicted molar refractivity (Wildman–Crippen MR) is 120 cm³/mol. The fourth-order valence-corrected chi connectivity index (χ4v) is 4.04. The molecule has 1 aliphatic heterocycles. The predicted octanol–water partition coefficient (Wildman–Crippen LogP) is 5.15. The average molecular weight is 432 g/mol. The molecule has 0 saturated carbocycles. The minimum absolute atomic E-state index is 0.139. The summed E-state index contributed by atoms with van der Waals surface area (Å²) in [7, 11) is 3.19. The van der Waals surface area contributed by atoms with Gasteiger partial charge in [-0.3, -0.25) is 9.36 Å². The van der Waals surface area contributed by atoms with Crippen LogP contribution in [-0.4, -0.2) is 23.8 Å². The largest absolute Gasteiger partial charge is 0.493 e. The lowest BCUT2D eigenvalue weighted by Gasteiger charge is -2.20. The summed E-state index contributed by atoms with van der Waals surface area (Å²) < 4.78 is 31.6. The molecule has 0 fully saturated rings. The first kappa shape index (κ1) is 20.1. The van der Waals surface area contributed by atoms with E-state index in [1.54, 1.807) is 37.0 Å². The van der Waals surface area contributed by atoms with Crippen molar-refractivity contribution in [3.63, 3.8) is 0 Å². The number of halogens is 1. The van der Waals surface area contributed by atoms with E-state index in [2.05, 4.69) is 0 Å². The highest BCUT2D eigenvalue weighted by Crippen LogP contribution is 2.33. The van der Waals surface area contributed by atoms with Gasteiger partial charge >= 0.3 is 0 Å². The van der Waals surface area contributed by atoms with E-state index in [0.717, 1.165) is 24.0 Å². The molecule has 0 amide bonds. The van der Waals surface area contributed by atoms with Crippen LogP contribution in [-0.2, 0) is 6.54 Å². The van der Waals surface area contributed by atoms with Gasteiger partial charge in [0.2, 0.25) is 5.71 Å². The summed E-state index contributed by atoms with van der Waals surface area (Å²) in [5, 5.41) is 0.417. The molecule has 7 heteroatoms. The third kappa shape index (κ3) is 3.45. The van der Waals surface area contributed by atoms with Crippen molar-refractivity contribution >= 4 is 22.7 Å². The summed E-state index contributed by atoms with van der Waals surface area (Å²) in [6.07, 6.45) is 3.63. The Morgan fingerprint density at radius 3 is 2.59 bits per heavy atom. The van der Waals surface area contributed by atoms with Crippen molar-refractivity contribution in [2.24, 2.45) is 0 Å². The van der Waals surface area contributed by atoms with Gasteiger partial charge in [0.1, 0.15) is 22.8 Å². The van der Waals surface area contributed by atoms with Crippen LogP contribution in [0, 0.1) is 5.82 Å². The highest BCUT2D eigenvalue weighted by atomic mass is 19.1. The molecular weight excluding hydrogens is 411 g/mol. The molecule has 3 heterocycles. The van der Waals surface area contributed by atoms with Crippen molar-refractivity contribution < 1.29 is 18.3 Å². The minimum Gasteiger partial charge on any atom is -0.493 e. The monoisotopic (exact) mass is 432 g/mol. The molecule has 0 saturated heterocycles. The standard InChI is InChI=1S/C25H21FN2O4/c1-30-20-10-5-15(13-22(20)31-2)12-17-4-3-11-28-23(17)27-24-19(25(28)29)14-21(32-24)16-6-8-18(26)9-7-16/h5-10,12-14H,3-4,11H2,1-2H3/b17-12+. The molecule has 4 aromatic rings. The number of rotatable bonds is 4. The van der Waals surface area contributed by atoms with Gasteiger partial charge in [-0.25, -0.2) is 4.39 Å². The van der Waals surface area contributed by atoms with Crippen LogP contribution in [0.1, 0.15) is 24.2 Å². The molecule has 0 atom stereocenters. The second kappa shape index (κ2) is 8.00. The number of hydrogen-bond acceptors (Lipinski definition) is 5. The van der Waals surface area contributed by atoms with Crippen LogP contribution in [0.25, 0.3) is 34.1 Å². The normalized spacial score (nSPS) is 14.5. The van der Waals surface area contributed by atoms with Gasteiger partial charge in [0.15, 0.2) is 11.5 Å². The zero-order valence-electron chi connectivity index (χ0n) is 17.7. The molecule has 6 nitrogen and oxygen atoms in total. The first-order valence-corrected chi connectivity index (χ1v) is 10.3. The van der Waals surface area contributed by atoms with E-state index >= 15 is 0 Å². The van der Waals surface area contributed by atoms with Crippen molar-refractivity contribution in [1.29, 1.82) is 0 Å². The lowest BCUT2D eigenvalue weighted by atomic mass is 10.0. The highest BCUT2D eigenvalue weighted by Gasteiger charge is 2.22. The van der Waals surface area contributed by atoms with Gasteiger partial charge in [-0.15, -0.1) is 0 Å². The van der Waals surface area contributed by atoms with Crippen LogP contribution in [0.3, 0.4) is 0 Å². The van der Waals surface area contributed by atoms with E-state index in [1.165, 1.54) is 12.1 Å². The van der Waals surface area contributed by atoms with Gasteiger partial charge < -0.3 is 13.9 Å². The molecule has 2 aromatic heterocycles. The summed E-state index contributed by atoms with van der Waals surface area (Å²) in [6.45, 7) is 0.595. The van der Waals surface area contributed by atoms with Gasteiger partial charge in [-0.2, -0.15) is 4.98 Å². The molecule has 0 unspecified atom stereocenters. The van der Waals surface area contributed by atoms with Gasteiger partial charge in [0.05, 0.1) is 14.2 Å². The Labute approximate surface area is 183 Å². The maximum absolute atomic E-state index is 13.3. The van der Waals surface area contributed by atoms with Gasteiger partial charge in [-0.1, -0.05) is 6.07 Å². The minimum atomic E-state index is -0.330. The summed E-state index contributed by atoms with van der Waals surface area (Å²) in [5.74, 6) is 2.04. The van der Waals surface area contributed by atoms with Gasteiger partial charge in [0, 0.05) is 12.1 Å². The highest BCUT2D eigenvalue weighted by molar-refractivity contribution is 5.84. The van der Waals surface area contributed by atoms with E-state index in [9.17, 15) is 9.18 Å². The Balaban J connectivity index is 1.61. The fourth-order valence-electron chi connectivity index (χ4n) is 4.04. The lowest BCUT2D eigenvalue weighted by Crippen LogP contribution is -2.27. The number of fused-ring (bicyclic) bond motifs is 2. The first-order chi connectivity index (χ1) is 15.6. The van der Waals surface area contributed by atoms with Crippen molar-refractivity contribution in [3.05, 3.63) is 76.1 Å². The molecule has 0 bridgehead atoms. The Bertz CT molecular complexity index is 1400. The SMILES string of the molecule is COc1ccc(/C=C2\CCCn3c2nc2oc(-c4ccc(F)cc4)cc2c3=O)cc1OC. The topological polar surface area (TPSA) is 66.5 Å². The van der Waals surface area contributed by atoms with E-state index in [-0.39, 0.29) is 17.1 Å². The Morgan fingerprint density at radius 2 is 1.84 bits per heavy atom. The second-order valence-corrected chi connectivity index (χ2v) is 7.62. The number of furan rings is 1. The molecule has 32 heavy (non-hydrogen) atoms. The van der Waals surface area contributed by atoms with E-state index in [0.29, 0.717) is 40.6 Å². The summed E-state index contributed by atoms with van der Waals surface area (Å²) in [6, 6.07) is 13.3. The van der Waals surface area contributed by atoms with E-state index in [1.807, 2.05) is 24.3 Å². The fraction of sp³-hybridized carbons (Fsp3) is 0.200. The molecular formula is C25H21FN2O4. The molecule has 162 valence electrons. The van der Waals surface area contributed by atoms with E-state index in [4.69, 9.17) is 18.9 Å². The third-order valence-electron chi connectivity index (χ3n) is 5.64. The van der Waals surface area contributed by atoms with Crippen molar-refractivity contribution in [2.75, 3.05) is 14.2 Å². The Hall–Kier alpha value is -3.87. The van der Waals surface area contributed by atoms with Crippen LogP contribution in [0.5, 0.6) is 11.5 Å². The molecule has 0 radical (unpaired) electrons. The van der Waals surface area contributed by atoms with Crippen molar-refractivity contribution in [1.82, 2.24) is 9.55 Å². The maximum atomic E-state index is 13.3. The quantitative estimate of drug-likeness (QED) is 0.446. The number of allylic oxidation sites excluding steroid dienone is 1. The molecule has 0 N–H and O–H groups in total. The third-order valence-corrected chi connectivity index (χ3v) is 5.64. The van der Waals surface area contributed by atoms with Gasteiger partial charge in [-0.05, 0) is 72.5 Å². The van der Waals surface area contributed by atoms with Crippen LogP contribution < -0.4 is 15.0 Å². The molecule has 5 rings (SSSR count). The first-order valence-electron chi connectivity index (χ1n) is 10.3. The molecule has 1 aliphatic rings. The Morgan fingerprint density at radius 1 is 1.06 bits per heavy atom. The number of hydrogen-bond donors (Lipinski definition) is 0. The summed E-state index contributed by atoms with van der Waals surface area (Å²) in [4.78, 5) is 17.9. The smallest absolute Gasteiger partial charge is 0.265 e. The molecule has 2 aromatic carbocycles. The zero-order valence-corrected chi connectivity index (χ0v) is 17.7. The van der Waals surface area contributed by atoms with Crippen molar-refractivity contribution in [2.45, 2.75) is 19.4 Å². The molecule has 0 aliphatic carbocycles. The Kier molecular flexibility index (Phi) is 5.01. The molecule has 0 spiro atoms. The van der Waals surface area contributed by atoms with Crippen LogP contribution >= 0.6 is 0 Å². The zero-order chi connectivity index (χ0) is 22.2. The maximum Gasteiger partial charge on any atom is 0.265 e. The second-order valence-electron chi connectivity index (χ2n) is 7.62. The number of methoxy groups -OCH3 is 2. The summed E-state index contributed by atoms with van der Waals surface area (Å²) in [5.41, 5.74) is 2.70. The number of benzene rings is 2.